The quantitative estimate of drug-likeness (QED) is 0.171. The molecule has 8 nitrogen and oxygen atoms in total. The summed E-state index contributed by atoms with van der Waals surface area (Å²) in [4.78, 5) is 37.7. The van der Waals surface area contributed by atoms with Crippen molar-refractivity contribution in [2.75, 3.05) is 18.5 Å². The van der Waals surface area contributed by atoms with E-state index in [1.54, 1.807) is 18.2 Å². The molecule has 1 aliphatic rings. The number of carbonyl (C=O) groups excluding carboxylic acids is 3. The van der Waals surface area contributed by atoms with Gasteiger partial charge in [0, 0.05) is 24.2 Å². The van der Waals surface area contributed by atoms with E-state index in [0.29, 0.717) is 17.8 Å². The monoisotopic (exact) mass is 597 g/mol. The van der Waals surface area contributed by atoms with Gasteiger partial charge in [-0.3, -0.25) is 4.79 Å². The third-order valence-electron chi connectivity index (χ3n) is 7.45. The van der Waals surface area contributed by atoms with Gasteiger partial charge in [0.2, 0.25) is 5.91 Å². The molecule has 0 bridgehead atoms. The molecule has 3 aromatic rings. The Labute approximate surface area is 260 Å². The number of hydrogen-bond donors (Lipinski definition) is 3. The van der Waals surface area contributed by atoms with Gasteiger partial charge in [0.1, 0.15) is 18.8 Å². The standard InChI is InChI=1S/C36H43N3O5/c1-7-26(34(41)44-36(4,5)6)33(23(2)3)37-20-24-16-18-25(19-17-24)39-32(40)21-38-35(42)43-22-31-29-14-10-8-12-27(29)28-13-9-11-15-30(28)31/h7-19,23,31,33,37H,20-22H2,1-6H3,(H,38,42)(H,39,40)/b26-7-. The fourth-order valence-corrected chi connectivity index (χ4v) is 5.41. The van der Waals surface area contributed by atoms with E-state index in [2.05, 4.69) is 54.1 Å². The molecule has 0 spiro atoms. The van der Waals surface area contributed by atoms with Crippen LogP contribution in [0.1, 0.15) is 64.2 Å². The number of carbonyl (C=O) groups is 3. The molecular weight excluding hydrogens is 554 g/mol. The highest BCUT2D eigenvalue weighted by molar-refractivity contribution is 5.94. The lowest BCUT2D eigenvalue weighted by molar-refractivity contribution is -0.150. The average Bonchev–Trinajstić information content (AvgIpc) is 3.30. The first-order chi connectivity index (χ1) is 21.0. The molecule has 0 fully saturated rings. The van der Waals surface area contributed by atoms with E-state index < -0.39 is 11.7 Å². The number of benzene rings is 3. The number of amides is 2. The van der Waals surface area contributed by atoms with E-state index in [1.165, 1.54) is 0 Å². The highest BCUT2D eigenvalue weighted by atomic mass is 16.6. The highest BCUT2D eigenvalue weighted by Crippen LogP contribution is 2.44. The minimum atomic E-state index is -0.643. The molecule has 0 heterocycles. The van der Waals surface area contributed by atoms with Gasteiger partial charge in [0.15, 0.2) is 0 Å². The van der Waals surface area contributed by atoms with E-state index in [4.69, 9.17) is 9.47 Å². The Morgan fingerprint density at radius 2 is 1.48 bits per heavy atom. The van der Waals surface area contributed by atoms with Crippen LogP contribution in [0, 0.1) is 5.92 Å². The fraction of sp³-hybridized carbons (Fsp3) is 0.361. The molecule has 3 N–H and O–H groups in total. The molecule has 3 aromatic carbocycles. The topological polar surface area (TPSA) is 106 Å². The smallest absolute Gasteiger partial charge is 0.407 e. The zero-order chi connectivity index (χ0) is 31.9. The number of alkyl carbamates (subject to hydrolysis) is 1. The fourth-order valence-electron chi connectivity index (χ4n) is 5.41. The molecule has 0 saturated heterocycles. The van der Waals surface area contributed by atoms with Gasteiger partial charge in [-0.15, -0.1) is 0 Å². The van der Waals surface area contributed by atoms with Gasteiger partial charge in [-0.2, -0.15) is 0 Å². The lowest BCUT2D eigenvalue weighted by Gasteiger charge is -2.27. The second-order valence-corrected chi connectivity index (χ2v) is 12.3. The Balaban J connectivity index is 1.24. The van der Waals surface area contributed by atoms with Gasteiger partial charge in [0.05, 0.1) is 5.57 Å². The minimum absolute atomic E-state index is 0.0484. The Morgan fingerprint density at radius 3 is 2.02 bits per heavy atom. The van der Waals surface area contributed by atoms with E-state index in [1.807, 2.05) is 64.1 Å². The molecule has 232 valence electrons. The summed E-state index contributed by atoms with van der Waals surface area (Å²) in [7, 11) is 0. The van der Waals surface area contributed by atoms with E-state index >= 15 is 0 Å². The van der Waals surface area contributed by atoms with Crippen LogP contribution in [-0.4, -0.2) is 42.8 Å². The first-order valence-electron chi connectivity index (χ1n) is 15.1. The second-order valence-electron chi connectivity index (χ2n) is 12.3. The Morgan fingerprint density at radius 1 is 0.886 bits per heavy atom. The van der Waals surface area contributed by atoms with Crippen molar-refractivity contribution < 1.29 is 23.9 Å². The Kier molecular flexibility index (Phi) is 10.6. The molecule has 1 atom stereocenters. The van der Waals surface area contributed by atoms with Gasteiger partial charge in [0.25, 0.3) is 0 Å². The summed E-state index contributed by atoms with van der Waals surface area (Å²) in [6, 6.07) is 23.5. The number of hydrogen-bond acceptors (Lipinski definition) is 6. The van der Waals surface area contributed by atoms with Crippen molar-refractivity contribution >= 4 is 23.7 Å². The van der Waals surface area contributed by atoms with Crippen LogP contribution in [0.4, 0.5) is 10.5 Å². The van der Waals surface area contributed by atoms with Crippen molar-refractivity contribution in [3.05, 3.63) is 101 Å². The van der Waals surface area contributed by atoms with Crippen molar-refractivity contribution in [3.63, 3.8) is 0 Å². The molecule has 44 heavy (non-hydrogen) atoms. The van der Waals surface area contributed by atoms with Crippen molar-refractivity contribution in [1.82, 2.24) is 10.6 Å². The molecule has 0 saturated carbocycles. The third-order valence-corrected chi connectivity index (χ3v) is 7.45. The van der Waals surface area contributed by atoms with Crippen LogP contribution >= 0.6 is 0 Å². The summed E-state index contributed by atoms with van der Waals surface area (Å²) in [5.41, 5.74) is 6.19. The lowest BCUT2D eigenvalue weighted by atomic mass is 9.95. The molecule has 1 unspecified atom stereocenters. The molecular formula is C36H43N3O5. The maximum Gasteiger partial charge on any atom is 0.407 e. The molecule has 8 heteroatoms. The molecule has 0 radical (unpaired) electrons. The predicted octanol–water partition coefficient (Wildman–Crippen LogP) is 6.57. The summed E-state index contributed by atoms with van der Waals surface area (Å²) in [5.74, 6) is -0.570. The zero-order valence-electron chi connectivity index (χ0n) is 26.4. The maximum atomic E-state index is 12.8. The molecule has 2 amide bonds. The first-order valence-corrected chi connectivity index (χ1v) is 15.1. The largest absolute Gasteiger partial charge is 0.457 e. The first kappa shape index (κ1) is 32.5. The average molecular weight is 598 g/mol. The minimum Gasteiger partial charge on any atom is -0.457 e. The van der Waals surface area contributed by atoms with Crippen LogP contribution in [0.15, 0.2) is 84.4 Å². The second kappa shape index (κ2) is 14.4. The molecule has 4 rings (SSSR count). The number of fused-ring (bicyclic) bond motifs is 3. The van der Waals surface area contributed by atoms with E-state index in [0.717, 1.165) is 27.8 Å². The van der Waals surface area contributed by atoms with Gasteiger partial charge in [-0.1, -0.05) is 80.6 Å². The Bertz CT molecular complexity index is 1460. The third kappa shape index (κ3) is 8.35. The summed E-state index contributed by atoms with van der Waals surface area (Å²) >= 11 is 0. The highest BCUT2D eigenvalue weighted by Gasteiger charge is 2.29. The number of anilines is 1. The summed E-state index contributed by atoms with van der Waals surface area (Å²) < 4.78 is 11.1. The van der Waals surface area contributed by atoms with Gasteiger partial charge in [-0.25, -0.2) is 9.59 Å². The lowest BCUT2D eigenvalue weighted by Crippen LogP contribution is -2.39. The number of ether oxygens (including phenoxy) is 2. The van der Waals surface area contributed by atoms with Gasteiger partial charge in [-0.05, 0) is 73.6 Å². The van der Waals surface area contributed by atoms with Crippen LogP contribution < -0.4 is 16.0 Å². The van der Waals surface area contributed by atoms with Crippen LogP contribution in [0.3, 0.4) is 0 Å². The summed E-state index contributed by atoms with van der Waals surface area (Å²) in [6.07, 6.45) is 1.16. The number of esters is 1. The molecule has 0 aliphatic heterocycles. The Hall–Kier alpha value is -4.43. The van der Waals surface area contributed by atoms with Crippen LogP contribution in [0.5, 0.6) is 0 Å². The molecule has 1 aliphatic carbocycles. The summed E-state index contributed by atoms with van der Waals surface area (Å²) in [5, 5.41) is 8.81. The number of nitrogens with one attached hydrogen (secondary N) is 3. The number of allylic oxidation sites excluding steroid dienone is 1. The predicted molar refractivity (Wildman–Crippen MR) is 173 cm³/mol. The van der Waals surface area contributed by atoms with Crippen LogP contribution in [0.25, 0.3) is 11.1 Å². The van der Waals surface area contributed by atoms with E-state index in [-0.39, 0.29) is 42.9 Å². The molecule has 0 aromatic heterocycles. The van der Waals surface area contributed by atoms with Crippen molar-refractivity contribution in [1.29, 1.82) is 0 Å². The summed E-state index contributed by atoms with van der Waals surface area (Å²) in [6.45, 7) is 12.0. The SMILES string of the molecule is C/C=C(\C(=O)OC(C)(C)C)C(NCc1ccc(NC(=O)CNC(=O)OCC2c3ccccc3-c3ccccc32)cc1)C(C)C. The number of rotatable bonds is 11. The van der Waals surface area contributed by atoms with Crippen LogP contribution in [0.2, 0.25) is 0 Å². The van der Waals surface area contributed by atoms with Crippen molar-refractivity contribution in [3.8, 4) is 11.1 Å². The van der Waals surface area contributed by atoms with E-state index in [9.17, 15) is 14.4 Å². The van der Waals surface area contributed by atoms with Crippen molar-refractivity contribution in [2.45, 2.75) is 65.6 Å². The van der Waals surface area contributed by atoms with Crippen LogP contribution in [-0.2, 0) is 25.6 Å². The van der Waals surface area contributed by atoms with Gasteiger partial charge >= 0.3 is 12.1 Å². The van der Waals surface area contributed by atoms with Crippen molar-refractivity contribution in [2.24, 2.45) is 5.92 Å². The van der Waals surface area contributed by atoms with Gasteiger partial charge < -0.3 is 25.4 Å². The normalized spacial score (nSPS) is 13.6. The zero-order valence-corrected chi connectivity index (χ0v) is 26.4. The maximum absolute atomic E-state index is 12.8.